The first kappa shape index (κ1) is 19.5. The van der Waals surface area contributed by atoms with Crippen molar-refractivity contribution in [1.82, 2.24) is 4.90 Å². The fraction of sp³-hybridized carbons (Fsp3) is 0.588. The van der Waals surface area contributed by atoms with E-state index in [9.17, 15) is 26.4 Å². The van der Waals surface area contributed by atoms with Gasteiger partial charge in [0.25, 0.3) is 9.05 Å². The standard InChI is InChI=1S/C17H19ClF3NO3S/c1-15(2)13-9-10-8-11(26(18,24)25)4-5-12(10)16(15,3)6-7-22(13)14(23)17(19,20)21/h4-5,8,13H,6-7,9H2,1-3H3/t13-,16-/m0/s1. The van der Waals surface area contributed by atoms with Crippen LogP contribution >= 0.6 is 10.7 Å². The number of alkyl halides is 3. The molecule has 1 saturated heterocycles. The van der Waals surface area contributed by atoms with E-state index in [0.29, 0.717) is 12.0 Å². The van der Waals surface area contributed by atoms with Gasteiger partial charge in [-0.05, 0) is 41.5 Å². The third-order valence-electron chi connectivity index (χ3n) is 6.35. The first-order valence-electron chi connectivity index (χ1n) is 8.15. The molecule has 0 aromatic heterocycles. The van der Waals surface area contributed by atoms with Crippen LogP contribution in [0.5, 0.6) is 0 Å². The number of amides is 1. The van der Waals surface area contributed by atoms with Gasteiger partial charge in [0.1, 0.15) is 0 Å². The summed E-state index contributed by atoms with van der Waals surface area (Å²) in [4.78, 5) is 12.7. The predicted octanol–water partition coefficient (Wildman–Crippen LogP) is 3.62. The van der Waals surface area contributed by atoms with E-state index in [-0.39, 0.29) is 17.9 Å². The summed E-state index contributed by atoms with van der Waals surface area (Å²) in [5.74, 6) is -1.85. The second-order valence-electron chi connectivity index (χ2n) is 7.78. The molecule has 1 aliphatic heterocycles. The van der Waals surface area contributed by atoms with Gasteiger partial charge in [-0.2, -0.15) is 13.2 Å². The van der Waals surface area contributed by atoms with Crippen LogP contribution in [0.1, 0.15) is 38.3 Å². The van der Waals surface area contributed by atoms with Crippen molar-refractivity contribution in [2.75, 3.05) is 6.54 Å². The van der Waals surface area contributed by atoms with E-state index >= 15 is 0 Å². The summed E-state index contributed by atoms with van der Waals surface area (Å²) in [7, 11) is 1.46. The second kappa shape index (κ2) is 5.61. The van der Waals surface area contributed by atoms with Crippen LogP contribution in [-0.2, 0) is 25.7 Å². The molecular formula is C17H19ClF3NO3S. The van der Waals surface area contributed by atoms with Gasteiger partial charge in [0.2, 0.25) is 0 Å². The molecule has 1 aliphatic carbocycles. The molecule has 26 heavy (non-hydrogen) atoms. The lowest BCUT2D eigenvalue weighted by Crippen LogP contribution is -2.66. The summed E-state index contributed by atoms with van der Waals surface area (Å²) in [5.41, 5.74) is 0.433. The highest BCUT2D eigenvalue weighted by atomic mass is 35.7. The number of nitrogens with zero attached hydrogens (tertiary/aromatic N) is 1. The van der Waals surface area contributed by atoms with E-state index < -0.39 is 38.0 Å². The van der Waals surface area contributed by atoms with Gasteiger partial charge in [-0.3, -0.25) is 4.79 Å². The molecule has 9 heteroatoms. The molecule has 4 nitrogen and oxygen atoms in total. The number of benzene rings is 1. The largest absolute Gasteiger partial charge is 0.471 e. The van der Waals surface area contributed by atoms with E-state index in [1.54, 1.807) is 6.07 Å². The molecule has 1 aromatic carbocycles. The molecule has 1 heterocycles. The third kappa shape index (κ3) is 2.72. The molecule has 0 saturated carbocycles. The topological polar surface area (TPSA) is 54.5 Å². The number of hydrogen-bond acceptors (Lipinski definition) is 3. The molecule has 1 amide bonds. The zero-order valence-corrected chi connectivity index (χ0v) is 16.1. The smallest absolute Gasteiger partial charge is 0.331 e. The molecule has 144 valence electrons. The van der Waals surface area contributed by atoms with Crippen molar-refractivity contribution >= 4 is 25.6 Å². The number of rotatable bonds is 1. The van der Waals surface area contributed by atoms with Gasteiger partial charge in [0.15, 0.2) is 0 Å². The summed E-state index contributed by atoms with van der Waals surface area (Å²) in [5, 5.41) is 0. The van der Waals surface area contributed by atoms with Gasteiger partial charge < -0.3 is 4.90 Å². The normalized spacial score (nSPS) is 27.8. The van der Waals surface area contributed by atoms with E-state index in [4.69, 9.17) is 10.7 Å². The summed E-state index contributed by atoms with van der Waals surface area (Å²) in [6.45, 7) is 5.70. The number of likely N-dealkylation sites (tertiary alicyclic amines) is 1. The van der Waals surface area contributed by atoms with Crippen LogP contribution in [0.4, 0.5) is 13.2 Å². The minimum absolute atomic E-state index is 0.0118. The number of carbonyl (C=O) groups is 1. The Balaban J connectivity index is 2.14. The molecular weight excluding hydrogens is 391 g/mol. The Morgan fingerprint density at radius 1 is 1.27 bits per heavy atom. The first-order valence-corrected chi connectivity index (χ1v) is 10.5. The van der Waals surface area contributed by atoms with Crippen molar-refractivity contribution in [3.63, 3.8) is 0 Å². The maximum atomic E-state index is 13.0. The number of fused-ring (bicyclic) bond motifs is 4. The lowest BCUT2D eigenvalue weighted by atomic mass is 9.51. The summed E-state index contributed by atoms with van der Waals surface area (Å²) < 4.78 is 62.4. The predicted molar refractivity (Wildman–Crippen MR) is 90.5 cm³/mol. The molecule has 0 spiro atoms. The second-order valence-corrected chi connectivity index (χ2v) is 10.3. The zero-order chi connectivity index (χ0) is 19.7. The average Bonchev–Trinajstić information content (AvgIpc) is 2.48. The van der Waals surface area contributed by atoms with E-state index in [1.807, 2.05) is 20.8 Å². The third-order valence-corrected chi connectivity index (χ3v) is 7.70. The highest BCUT2D eigenvalue weighted by Crippen LogP contribution is 2.56. The minimum atomic E-state index is -4.94. The Morgan fingerprint density at radius 2 is 1.88 bits per heavy atom. The summed E-state index contributed by atoms with van der Waals surface area (Å²) in [6, 6.07) is 3.86. The minimum Gasteiger partial charge on any atom is -0.331 e. The fourth-order valence-corrected chi connectivity index (χ4v) is 5.27. The molecule has 0 N–H and O–H groups in total. The van der Waals surface area contributed by atoms with Gasteiger partial charge in [0, 0.05) is 28.7 Å². The van der Waals surface area contributed by atoms with E-state index in [0.717, 1.165) is 10.5 Å². The molecule has 2 aliphatic rings. The maximum absolute atomic E-state index is 13.0. The van der Waals surface area contributed by atoms with Gasteiger partial charge in [-0.15, -0.1) is 0 Å². The molecule has 3 rings (SSSR count). The van der Waals surface area contributed by atoms with Gasteiger partial charge in [0.05, 0.1) is 4.90 Å². The molecule has 1 fully saturated rings. The SMILES string of the molecule is CC1(C)[C@@H]2Cc3cc(S(=O)(=O)Cl)ccc3[C@]1(C)CCN2C(=O)C(F)(F)F. The van der Waals surface area contributed by atoms with Crippen LogP contribution in [-0.4, -0.2) is 38.0 Å². The van der Waals surface area contributed by atoms with Crippen LogP contribution < -0.4 is 0 Å². The van der Waals surface area contributed by atoms with Gasteiger partial charge in [-0.1, -0.05) is 26.8 Å². The molecule has 1 aromatic rings. The highest BCUT2D eigenvalue weighted by molar-refractivity contribution is 8.13. The van der Waals surface area contributed by atoms with Crippen LogP contribution in [0.3, 0.4) is 0 Å². The number of piperidine rings is 1. The lowest BCUT2D eigenvalue weighted by Gasteiger charge is -2.60. The van der Waals surface area contributed by atoms with Crippen LogP contribution in [0.2, 0.25) is 0 Å². The van der Waals surface area contributed by atoms with Crippen LogP contribution in [0.15, 0.2) is 23.1 Å². The number of carbonyl (C=O) groups excluding carboxylic acids is 1. The quantitative estimate of drug-likeness (QED) is 0.666. The van der Waals surface area contributed by atoms with Crippen molar-refractivity contribution in [3.8, 4) is 0 Å². The summed E-state index contributed by atoms with van der Waals surface area (Å²) in [6.07, 6.45) is -4.43. The molecule has 2 bridgehead atoms. The van der Waals surface area contributed by atoms with E-state index in [1.165, 1.54) is 12.1 Å². The Bertz CT molecular complexity index is 882. The summed E-state index contributed by atoms with van der Waals surface area (Å²) >= 11 is 0. The van der Waals surface area contributed by atoms with Crippen molar-refractivity contribution in [1.29, 1.82) is 0 Å². The molecule has 2 atom stereocenters. The Kier molecular flexibility index (Phi) is 4.20. The van der Waals surface area contributed by atoms with Crippen LogP contribution in [0.25, 0.3) is 0 Å². The Labute approximate surface area is 154 Å². The Morgan fingerprint density at radius 3 is 2.42 bits per heavy atom. The number of halogens is 4. The van der Waals surface area contributed by atoms with Crippen molar-refractivity contribution < 1.29 is 26.4 Å². The lowest BCUT2D eigenvalue weighted by molar-refractivity contribution is -0.195. The maximum Gasteiger partial charge on any atom is 0.471 e. The monoisotopic (exact) mass is 409 g/mol. The van der Waals surface area contributed by atoms with Crippen molar-refractivity contribution in [3.05, 3.63) is 29.3 Å². The van der Waals surface area contributed by atoms with Crippen molar-refractivity contribution in [2.24, 2.45) is 5.41 Å². The van der Waals surface area contributed by atoms with E-state index in [2.05, 4.69) is 0 Å². The van der Waals surface area contributed by atoms with Gasteiger partial charge >= 0.3 is 12.1 Å². The van der Waals surface area contributed by atoms with Crippen molar-refractivity contribution in [2.45, 2.75) is 56.1 Å². The highest BCUT2D eigenvalue weighted by Gasteiger charge is 2.59. The fourth-order valence-electron chi connectivity index (χ4n) is 4.47. The Hall–Kier alpha value is -1.28. The van der Waals surface area contributed by atoms with Crippen LogP contribution in [0, 0.1) is 5.41 Å². The first-order chi connectivity index (χ1) is 11.7. The molecule has 0 unspecified atom stereocenters. The zero-order valence-electron chi connectivity index (χ0n) is 14.5. The average molecular weight is 410 g/mol. The number of hydrogen-bond donors (Lipinski definition) is 0. The molecule has 0 radical (unpaired) electrons. The van der Waals surface area contributed by atoms with Gasteiger partial charge in [-0.25, -0.2) is 8.42 Å².